The Morgan fingerprint density at radius 3 is 2.79 bits per heavy atom. The number of anilines is 3. The van der Waals surface area contributed by atoms with Crippen LogP contribution in [0.3, 0.4) is 0 Å². The van der Waals surface area contributed by atoms with E-state index in [0.29, 0.717) is 48.5 Å². The molecule has 3 aliphatic rings. The van der Waals surface area contributed by atoms with Crippen LogP contribution in [-0.4, -0.2) is 97.2 Å². The number of fused-ring (bicyclic) bond motifs is 2. The van der Waals surface area contributed by atoms with E-state index in [2.05, 4.69) is 34.2 Å². The summed E-state index contributed by atoms with van der Waals surface area (Å²) >= 11 is 0. The molecule has 180 valence electrons. The molecule has 0 radical (unpaired) electrons. The predicted molar refractivity (Wildman–Crippen MR) is 131 cm³/mol. The van der Waals surface area contributed by atoms with Gasteiger partial charge in [0.2, 0.25) is 0 Å². The van der Waals surface area contributed by atoms with Crippen molar-refractivity contribution in [2.75, 3.05) is 63.6 Å². The number of carbonyl (C=O) groups is 2. The van der Waals surface area contributed by atoms with Gasteiger partial charge in [-0.2, -0.15) is 0 Å². The third kappa shape index (κ3) is 4.51. The maximum atomic E-state index is 13.9. The molecule has 1 N–H and O–H groups in total. The molecule has 0 bridgehead atoms. The molecule has 2 aromatic rings. The molecule has 3 amide bonds. The zero-order valence-corrected chi connectivity index (χ0v) is 19.8. The number of likely N-dealkylation sites (N-methyl/N-ethyl adjacent to an activating group) is 1. The Morgan fingerprint density at radius 1 is 1.18 bits per heavy atom. The fourth-order valence-electron chi connectivity index (χ4n) is 5.08. The molecule has 1 aromatic carbocycles. The van der Waals surface area contributed by atoms with Gasteiger partial charge in [-0.1, -0.05) is 12.1 Å². The molecule has 5 rings (SSSR count). The van der Waals surface area contributed by atoms with Crippen molar-refractivity contribution < 1.29 is 14.3 Å². The van der Waals surface area contributed by atoms with Crippen molar-refractivity contribution in [2.24, 2.45) is 0 Å². The number of hydrogen-bond acceptors (Lipinski definition) is 6. The van der Waals surface area contributed by atoms with E-state index in [1.165, 1.54) is 0 Å². The van der Waals surface area contributed by atoms with Crippen LogP contribution in [0.15, 0.2) is 42.6 Å². The second-order valence-corrected chi connectivity index (χ2v) is 9.38. The Balaban J connectivity index is 1.36. The van der Waals surface area contributed by atoms with Crippen LogP contribution in [-0.2, 0) is 4.74 Å². The minimum Gasteiger partial charge on any atom is -0.373 e. The molecule has 1 unspecified atom stereocenters. The average molecular weight is 465 g/mol. The van der Waals surface area contributed by atoms with Gasteiger partial charge in [0, 0.05) is 31.9 Å². The number of piperidine rings is 1. The van der Waals surface area contributed by atoms with Crippen LogP contribution in [0, 0.1) is 0 Å². The van der Waals surface area contributed by atoms with Crippen LogP contribution in [0.2, 0.25) is 0 Å². The Kier molecular flexibility index (Phi) is 6.49. The van der Waals surface area contributed by atoms with Gasteiger partial charge in [0.1, 0.15) is 0 Å². The zero-order valence-electron chi connectivity index (χ0n) is 19.8. The van der Waals surface area contributed by atoms with Gasteiger partial charge in [0.25, 0.3) is 5.91 Å². The van der Waals surface area contributed by atoms with Crippen molar-refractivity contribution in [3.63, 3.8) is 0 Å². The molecule has 0 saturated carbocycles. The first kappa shape index (κ1) is 22.8. The maximum Gasteiger partial charge on any atom is 0.330 e. The summed E-state index contributed by atoms with van der Waals surface area (Å²) in [6.07, 6.45) is 3.85. The summed E-state index contributed by atoms with van der Waals surface area (Å²) in [5.41, 5.74) is 1.58. The number of nitrogens with zero attached hydrogens (tertiary/aromatic N) is 5. The van der Waals surface area contributed by atoms with Crippen molar-refractivity contribution in [3.8, 4) is 0 Å². The minimum absolute atomic E-state index is 0.0625. The van der Waals surface area contributed by atoms with E-state index in [1.54, 1.807) is 29.3 Å². The predicted octanol–water partition coefficient (Wildman–Crippen LogP) is 2.63. The number of aromatic nitrogens is 1. The van der Waals surface area contributed by atoms with Crippen LogP contribution in [0.4, 0.5) is 22.0 Å². The van der Waals surface area contributed by atoms with E-state index in [1.807, 2.05) is 23.1 Å². The zero-order chi connectivity index (χ0) is 23.7. The van der Waals surface area contributed by atoms with Gasteiger partial charge >= 0.3 is 6.03 Å². The van der Waals surface area contributed by atoms with Gasteiger partial charge < -0.3 is 24.8 Å². The van der Waals surface area contributed by atoms with Gasteiger partial charge in [-0.3, -0.25) is 4.79 Å². The number of benzene rings is 1. The molecule has 9 nitrogen and oxygen atoms in total. The molecule has 34 heavy (non-hydrogen) atoms. The molecule has 2 saturated heterocycles. The molecule has 4 heterocycles. The second-order valence-electron chi connectivity index (χ2n) is 9.38. The number of hydrogen-bond donors (Lipinski definition) is 1. The Morgan fingerprint density at radius 2 is 1.97 bits per heavy atom. The smallest absolute Gasteiger partial charge is 0.330 e. The van der Waals surface area contributed by atoms with E-state index in [4.69, 9.17) is 4.74 Å². The van der Waals surface area contributed by atoms with Gasteiger partial charge in [-0.05, 0) is 64.3 Å². The van der Waals surface area contributed by atoms with Crippen molar-refractivity contribution in [1.29, 1.82) is 0 Å². The Labute approximate surface area is 200 Å². The van der Waals surface area contributed by atoms with Gasteiger partial charge in [-0.15, -0.1) is 0 Å². The number of para-hydroxylation sites is 2. The van der Waals surface area contributed by atoms with E-state index >= 15 is 0 Å². The molecular formula is C25H32N6O3. The fraction of sp³-hybridized carbons (Fsp3) is 0.480. The number of nitrogens with one attached hydrogen (secondary N) is 1. The number of urea groups is 1. The lowest BCUT2D eigenvalue weighted by atomic mass is 10.0. The van der Waals surface area contributed by atoms with Crippen LogP contribution >= 0.6 is 0 Å². The van der Waals surface area contributed by atoms with E-state index in [-0.39, 0.29) is 18.0 Å². The number of amides is 3. The first-order chi connectivity index (χ1) is 16.5. The Hall–Kier alpha value is -3.01. The number of carbonyl (C=O) groups excluding carboxylic acids is 2. The lowest BCUT2D eigenvalue weighted by molar-refractivity contribution is -0.0344. The molecular weight excluding hydrogens is 432 g/mol. The molecule has 3 aliphatic heterocycles. The van der Waals surface area contributed by atoms with Crippen LogP contribution < -0.4 is 10.2 Å². The molecule has 1 aromatic heterocycles. The number of rotatable bonds is 3. The lowest BCUT2D eigenvalue weighted by Gasteiger charge is -2.40. The topological polar surface area (TPSA) is 81.3 Å². The summed E-state index contributed by atoms with van der Waals surface area (Å²) in [7, 11) is 4.32. The summed E-state index contributed by atoms with van der Waals surface area (Å²) in [5, 5.41) is 2.91. The normalized spacial score (nSPS) is 21.6. The molecule has 1 atom stereocenters. The standard InChI is InChI=1S/C25H32N6O3/c1-28-12-9-18(10-13-28)29(2)16-19-17-30(14-15-34-19)25(33)31-22-8-4-3-7-21(22)27-24(32)20-6-5-11-26-23(20)31/h3-8,11,18-19H,9-10,12-17H2,1-2H3,(H,27,32). The van der Waals surface area contributed by atoms with Crippen molar-refractivity contribution in [1.82, 2.24) is 19.7 Å². The minimum atomic E-state index is -0.273. The van der Waals surface area contributed by atoms with Crippen molar-refractivity contribution >= 4 is 29.1 Å². The SMILES string of the molecule is CN1CCC(N(C)CC2CN(C(=O)N3c4ccccc4NC(=O)c4cccnc43)CCO2)CC1. The first-order valence-electron chi connectivity index (χ1n) is 12.0. The largest absolute Gasteiger partial charge is 0.373 e. The fourth-order valence-corrected chi connectivity index (χ4v) is 5.08. The van der Waals surface area contributed by atoms with E-state index in [9.17, 15) is 9.59 Å². The maximum absolute atomic E-state index is 13.9. The van der Waals surface area contributed by atoms with E-state index in [0.717, 1.165) is 32.5 Å². The number of pyridine rings is 1. The van der Waals surface area contributed by atoms with Gasteiger partial charge in [0.15, 0.2) is 5.82 Å². The highest BCUT2D eigenvalue weighted by Crippen LogP contribution is 2.37. The number of likely N-dealkylation sites (tertiary alicyclic amines) is 1. The van der Waals surface area contributed by atoms with Gasteiger partial charge in [0.05, 0.1) is 29.6 Å². The second kappa shape index (κ2) is 9.69. The quantitative estimate of drug-likeness (QED) is 0.752. The van der Waals surface area contributed by atoms with Crippen LogP contribution in [0.5, 0.6) is 0 Å². The summed E-state index contributed by atoms with van der Waals surface area (Å²) in [4.78, 5) is 39.3. The Bertz CT molecular complexity index is 1050. The third-order valence-corrected chi connectivity index (χ3v) is 7.04. The highest BCUT2D eigenvalue weighted by molar-refractivity contribution is 6.16. The monoisotopic (exact) mass is 464 g/mol. The summed E-state index contributed by atoms with van der Waals surface area (Å²) in [6, 6.07) is 11.1. The molecule has 0 spiro atoms. The molecule has 2 fully saturated rings. The number of ether oxygens (including phenoxy) is 1. The highest BCUT2D eigenvalue weighted by Gasteiger charge is 2.35. The molecule has 9 heteroatoms. The van der Waals surface area contributed by atoms with Crippen LogP contribution in [0.1, 0.15) is 23.2 Å². The summed E-state index contributed by atoms with van der Waals surface area (Å²) in [6.45, 7) is 4.48. The number of morpholine rings is 1. The highest BCUT2D eigenvalue weighted by atomic mass is 16.5. The van der Waals surface area contributed by atoms with Crippen molar-refractivity contribution in [2.45, 2.75) is 25.0 Å². The average Bonchev–Trinajstić information content (AvgIpc) is 2.98. The molecule has 0 aliphatic carbocycles. The van der Waals surface area contributed by atoms with Crippen LogP contribution in [0.25, 0.3) is 0 Å². The van der Waals surface area contributed by atoms with E-state index < -0.39 is 0 Å². The lowest BCUT2D eigenvalue weighted by Crippen LogP contribution is -2.54. The van der Waals surface area contributed by atoms with Gasteiger partial charge in [-0.25, -0.2) is 14.7 Å². The summed E-state index contributed by atoms with van der Waals surface area (Å²) in [5.74, 6) is 0.0758. The third-order valence-electron chi connectivity index (χ3n) is 7.04. The summed E-state index contributed by atoms with van der Waals surface area (Å²) < 4.78 is 6.06. The first-order valence-corrected chi connectivity index (χ1v) is 12.0. The van der Waals surface area contributed by atoms with Crippen molar-refractivity contribution in [3.05, 3.63) is 48.2 Å².